The molecule has 4 heteroatoms. The fraction of sp³-hybridized carbons (Fsp3) is 0.125. The summed E-state index contributed by atoms with van der Waals surface area (Å²) in [7, 11) is 0. The van der Waals surface area contributed by atoms with Crippen molar-refractivity contribution >= 4 is 22.7 Å². The quantitative estimate of drug-likeness (QED) is 0.791. The molecule has 0 radical (unpaired) electrons. The Morgan fingerprint density at radius 2 is 2.15 bits per heavy atom. The normalized spacial score (nSPS) is 10.7. The number of hydrogen-bond donors (Lipinski definition) is 1. The van der Waals surface area contributed by atoms with E-state index in [2.05, 4.69) is 10.3 Å². The fourth-order valence-electron chi connectivity index (χ4n) is 2.12. The van der Waals surface area contributed by atoms with Crippen molar-refractivity contribution in [3.8, 4) is 0 Å². The summed E-state index contributed by atoms with van der Waals surface area (Å²) < 4.78 is 5.23. The van der Waals surface area contributed by atoms with E-state index in [1.165, 1.54) is 6.39 Å². The molecule has 0 aliphatic rings. The molecule has 1 aromatic heterocycles. The van der Waals surface area contributed by atoms with Gasteiger partial charge in [-0.2, -0.15) is 0 Å². The number of fused-ring (bicyclic) bond motifs is 1. The third-order valence-electron chi connectivity index (χ3n) is 3.06. The molecule has 20 heavy (non-hydrogen) atoms. The molecule has 0 atom stereocenters. The van der Waals surface area contributed by atoms with Crippen LogP contribution in [-0.4, -0.2) is 10.9 Å². The second kappa shape index (κ2) is 5.17. The number of carbonyl (C=O) groups excluding carboxylic acids is 1. The highest BCUT2D eigenvalue weighted by atomic mass is 16.3. The van der Waals surface area contributed by atoms with Crippen LogP contribution in [0.15, 0.2) is 53.3 Å². The zero-order valence-corrected chi connectivity index (χ0v) is 11.1. The molecule has 4 nitrogen and oxygen atoms in total. The lowest BCUT2D eigenvalue weighted by atomic mass is 10.1. The maximum absolute atomic E-state index is 12.0. The molecular formula is C16H14N2O2. The molecule has 0 fully saturated rings. The maximum atomic E-state index is 12.0. The summed E-state index contributed by atoms with van der Waals surface area (Å²) in [6, 6.07) is 13.3. The molecular weight excluding hydrogens is 252 g/mol. The Kier molecular flexibility index (Phi) is 3.21. The number of anilines is 1. The topological polar surface area (TPSA) is 55.1 Å². The minimum atomic E-state index is -0.0468. The SMILES string of the molecule is Cc1cccc(NC(=O)Cc2ccc3ncoc3c2)c1. The fourth-order valence-corrected chi connectivity index (χ4v) is 2.12. The summed E-state index contributed by atoms with van der Waals surface area (Å²) in [4.78, 5) is 16.1. The number of amides is 1. The van der Waals surface area contributed by atoms with Gasteiger partial charge in [0.05, 0.1) is 6.42 Å². The third kappa shape index (κ3) is 2.69. The number of nitrogens with zero attached hydrogens (tertiary/aromatic N) is 1. The summed E-state index contributed by atoms with van der Waals surface area (Å²) in [6.45, 7) is 1.99. The van der Waals surface area contributed by atoms with E-state index in [1.54, 1.807) is 0 Å². The van der Waals surface area contributed by atoms with Crippen LogP contribution in [0.2, 0.25) is 0 Å². The van der Waals surface area contributed by atoms with Crippen LogP contribution in [0.4, 0.5) is 5.69 Å². The first-order valence-corrected chi connectivity index (χ1v) is 6.39. The van der Waals surface area contributed by atoms with E-state index in [0.29, 0.717) is 12.0 Å². The number of carbonyl (C=O) groups is 1. The highest BCUT2D eigenvalue weighted by Gasteiger charge is 2.06. The Hall–Kier alpha value is -2.62. The van der Waals surface area contributed by atoms with Crippen LogP contribution in [0, 0.1) is 6.92 Å². The molecule has 0 aliphatic carbocycles. The molecule has 0 aliphatic heterocycles. The van der Waals surface area contributed by atoms with Crippen molar-refractivity contribution in [1.29, 1.82) is 0 Å². The van der Waals surface area contributed by atoms with E-state index in [4.69, 9.17) is 4.42 Å². The number of benzene rings is 2. The Bertz CT molecular complexity index is 762. The summed E-state index contributed by atoms with van der Waals surface area (Å²) in [5.41, 5.74) is 4.33. The van der Waals surface area contributed by atoms with E-state index in [0.717, 1.165) is 22.3 Å². The van der Waals surface area contributed by atoms with Crippen LogP contribution in [0.25, 0.3) is 11.1 Å². The van der Waals surface area contributed by atoms with Crippen LogP contribution < -0.4 is 5.32 Å². The molecule has 1 amide bonds. The standard InChI is InChI=1S/C16H14N2O2/c1-11-3-2-4-13(7-11)18-16(19)9-12-5-6-14-15(8-12)20-10-17-14/h2-8,10H,9H2,1H3,(H,18,19). The van der Waals surface area contributed by atoms with Gasteiger partial charge in [-0.1, -0.05) is 18.2 Å². The van der Waals surface area contributed by atoms with Crippen molar-refractivity contribution in [2.45, 2.75) is 13.3 Å². The van der Waals surface area contributed by atoms with Gasteiger partial charge in [0.25, 0.3) is 0 Å². The van der Waals surface area contributed by atoms with Gasteiger partial charge in [0.15, 0.2) is 12.0 Å². The van der Waals surface area contributed by atoms with Crippen LogP contribution in [0.3, 0.4) is 0 Å². The largest absolute Gasteiger partial charge is 0.443 e. The third-order valence-corrected chi connectivity index (χ3v) is 3.06. The first-order chi connectivity index (χ1) is 9.70. The first-order valence-electron chi connectivity index (χ1n) is 6.39. The highest BCUT2D eigenvalue weighted by molar-refractivity contribution is 5.92. The monoisotopic (exact) mass is 266 g/mol. The Labute approximate surface area is 116 Å². The molecule has 1 heterocycles. The van der Waals surface area contributed by atoms with Gasteiger partial charge in [0, 0.05) is 5.69 Å². The molecule has 1 N–H and O–H groups in total. The van der Waals surface area contributed by atoms with E-state index in [9.17, 15) is 4.79 Å². The molecule has 2 aromatic carbocycles. The second-order valence-corrected chi connectivity index (χ2v) is 4.75. The van der Waals surface area contributed by atoms with Gasteiger partial charge in [-0.05, 0) is 42.3 Å². The second-order valence-electron chi connectivity index (χ2n) is 4.75. The molecule has 0 unspecified atom stereocenters. The van der Waals surface area contributed by atoms with E-state index in [1.807, 2.05) is 49.4 Å². The molecule has 100 valence electrons. The molecule has 3 aromatic rings. The Balaban J connectivity index is 1.72. The number of oxazole rings is 1. The van der Waals surface area contributed by atoms with Crippen LogP contribution >= 0.6 is 0 Å². The van der Waals surface area contributed by atoms with Gasteiger partial charge in [0.2, 0.25) is 5.91 Å². The van der Waals surface area contributed by atoms with Gasteiger partial charge in [0.1, 0.15) is 5.52 Å². The van der Waals surface area contributed by atoms with Gasteiger partial charge in [-0.25, -0.2) is 4.98 Å². The van der Waals surface area contributed by atoms with Crippen molar-refractivity contribution in [3.05, 3.63) is 60.0 Å². The Morgan fingerprint density at radius 3 is 3.00 bits per heavy atom. The van der Waals surface area contributed by atoms with Gasteiger partial charge in [-0.15, -0.1) is 0 Å². The lowest BCUT2D eigenvalue weighted by Crippen LogP contribution is -2.14. The lowest BCUT2D eigenvalue weighted by Gasteiger charge is -2.06. The van der Waals surface area contributed by atoms with Crippen molar-refractivity contribution < 1.29 is 9.21 Å². The molecule has 0 spiro atoms. The molecule has 0 saturated carbocycles. The van der Waals surface area contributed by atoms with Gasteiger partial charge >= 0.3 is 0 Å². The predicted molar refractivity (Wildman–Crippen MR) is 77.5 cm³/mol. The summed E-state index contributed by atoms with van der Waals surface area (Å²) in [5.74, 6) is -0.0468. The molecule has 0 bridgehead atoms. The van der Waals surface area contributed by atoms with Gasteiger partial charge < -0.3 is 9.73 Å². The van der Waals surface area contributed by atoms with Crippen molar-refractivity contribution in [2.75, 3.05) is 5.32 Å². The molecule has 0 saturated heterocycles. The van der Waals surface area contributed by atoms with E-state index >= 15 is 0 Å². The summed E-state index contributed by atoms with van der Waals surface area (Å²) in [6.07, 6.45) is 1.71. The zero-order valence-electron chi connectivity index (χ0n) is 11.1. The average Bonchev–Trinajstić information content (AvgIpc) is 2.86. The lowest BCUT2D eigenvalue weighted by molar-refractivity contribution is -0.115. The minimum absolute atomic E-state index is 0.0468. The van der Waals surface area contributed by atoms with Crippen molar-refractivity contribution in [2.24, 2.45) is 0 Å². The predicted octanol–water partition coefficient (Wildman–Crippen LogP) is 3.32. The minimum Gasteiger partial charge on any atom is -0.443 e. The summed E-state index contributed by atoms with van der Waals surface area (Å²) >= 11 is 0. The number of hydrogen-bond acceptors (Lipinski definition) is 3. The average molecular weight is 266 g/mol. The zero-order chi connectivity index (χ0) is 13.9. The maximum Gasteiger partial charge on any atom is 0.228 e. The number of aryl methyl sites for hydroxylation is 1. The van der Waals surface area contributed by atoms with E-state index < -0.39 is 0 Å². The van der Waals surface area contributed by atoms with Crippen LogP contribution in [0.1, 0.15) is 11.1 Å². The van der Waals surface area contributed by atoms with E-state index in [-0.39, 0.29) is 5.91 Å². The van der Waals surface area contributed by atoms with Crippen molar-refractivity contribution in [1.82, 2.24) is 4.98 Å². The van der Waals surface area contributed by atoms with Crippen molar-refractivity contribution in [3.63, 3.8) is 0 Å². The number of nitrogens with one attached hydrogen (secondary N) is 1. The van der Waals surface area contributed by atoms with Gasteiger partial charge in [-0.3, -0.25) is 4.79 Å². The number of aromatic nitrogens is 1. The molecule has 3 rings (SSSR count). The van der Waals surface area contributed by atoms with Crippen LogP contribution in [-0.2, 0) is 11.2 Å². The van der Waals surface area contributed by atoms with Crippen LogP contribution in [0.5, 0.6) is 0 Å². The number of rotatable bonds is 3. The first kappa shape index (κ1) is 12.4. The smallest absolute Gasteiger partial charge is 0.228 e. The Morgan fingerprint density at radius 1 is 1.25 bits per heavy atom. The highest BCUT2D eigenvalue weighted by Crippen LogP contribution is 2.15. The summed E-state index contributed by atoms with van der Waals surface area (Å²) in [5, 5.41) is 2.89.